The van der Waals surface area contributed by atoms with E-state index in [-0.39, 0.29) is 11.8 Å². The molecule has 2 fully saturated rings. The molecule has 2 amide bonds. The molecule has 0 radical (unpaired) electrons. The number of hydrogen-bond donors (Lipinski definition) is 0. The number of carbonyl (C=O) groups is 2. The maximum Gasteiger partial charge on any atom is 0.254 e. The molecular formula is C26H29N3O2. The van der Waals surface area contributed by atoms with Gasteiger partial charge >= 0.3 is 0 Å². The lowest BCUT2D eigenvalue weighted by Crippen LogP contribution is -2.37. The third kappa shape index (κ3) is 5.32. The third-order valence-corrected chi connectivity index (χ3v) is 6.45. The Hall–Kier alpha value is -3.13. The topological polar surface area (TPSA) is 64.4 Å². The largest absolute Gasteiger partial charge is 0.343 e. The van der Waals surface area contributed by atoms with Crippen molar-refractivity contribution >= 4 is 11.8 Å². The molecule has 160 valence electrons. The first-order valence-electron chi connectivity index (χ1n) is 11.2. The van der Waals surface area contributed by atoms with E-state index in [1.165, 1.54) is 5.56 Å². The fourth-order valence-corrected chi connectivity index (χ4v) is 4.40. The van der Waals surface area contributed by atoms with Gasteiger partial charge in [-0.15, -0.1) is 0 Å². The molecule has 0 atom stereocenters. The minimum Gasteiger partial charge on any atom is -0.343 e. The Labute approximate surface area is 184 Å². The molecule has 2 aliphatic rings. The maximum atomic E-state index is 13.1. The lowest BCUT2D eigenvalue weighted by molar-refractivity contribution is -0.130. The monoisotopic (exact) mass is 415 g/mol. The highest BCUT2D eigenvalue weighted by Crippen LogP contribution is 2.30. The van der Waals surface area contributed by atoms with Gasteiger partial charge in [0.25, 0.3) is 5.91 Å². The summed E-state index contributed by atoms with van der Waals surface area (Å²) in [6.45, 7) is 3.97. The first kappa shape index (κ1) is 21.1. The van der Waals surface area contributed by atoms with Crippen LogP contribution in [0.3, 0.4) is 0 Å². The highest BCUT2D eigenvalue weighted by Gasteiger charge is 2.33. The summed E-state index contributed by atoms with van der Waals surface area (Å²) in [5.41, 5.74) is 3.54. The third-order valence-electron chi connectivity index (χ3n) is 6.45. The predicted molar refractivity (Wildman–Crippen MR) is 119 cm³/mol. The highest BCUT2D eigenvalue weighted by atomic mass is 16.2. The lowest BCUT2D eigenvalue weighted by atomic mass is 9.90. The normalized spacial score (nSPS) is 16.6. The van der Waals surface area contributed by atoms with Gasteiger partial charge in [-0.05, 0) is 67.3 Å². The molecule has 2 aromatic rings. The predicted octanol–water partition coefficient (Wildman–Crippen LogP) is 4.16. The Balaban J connectivity index is 1.37. The Morgan fingerprint density at radius 1 is 1.03 bits per heavy atom. The van der Waals surface area contributed by atoms with E-state index in [2.05, 4.69) is 30.3 Å². The van der Waals surface area contributed by atoms with Crippen molar-refractivity contribution in [1.82, 2.24) is 9.80 Å². The van der Waals surface area contributed by atoms with Gasteiger partial charge in [0, 0.05) is 38.2 Å². The van der Waals surface area contributed by atoms with Crippen LogP contribution in [0.15, 0.2) is 48.5 Å². The van der Waals surface area contributed by atoms with Crippen molar-refractivity contribution in [1.29, 1.82) is 5.26 Å². The van der Waals surface area contributed by atoms with Crippen LogP contribution in [0.2, 0.25) is 0 Å². The summed E-state index contributed by atoms with van der Waals surface area (Å²) in [5.74, 6) is 0.802. The molecule has 1 aliphatic heterocycles. The van der Waals surface area contributed by atoms with Crippen molar-refractivity contribution < 1.29 is 9.59 Å². The van der Waals surface area contributed by atoms with Crippen LogP contribution >= 0.6 is 0 Å². The second-order valence-corrected chi connectivity index (χ2v) is 8.83. The van der Waals surface area contributed by atoms with Gasteiger partial charge in [0.1, 0.15) is 0 Å². The van der Waals surface area contributed by atoms with E-state index in [0.29, 0.717) is 29.6 Å². The smallest absolute Gasteiger partial charge is 0.254 e. The summed E-state index contributed by atoms with van der Waals surface area (Å²) in [6.07, 6.45) is 5.25. The maximum absolute atomic E-state index is 13.1. The van der Waals surface area contributed by atoms with E-state index in [1.807, 2.05) is 9.80 Å². The van der Waals surface area contributed by atoms with Gasteiger partial charge in [-0.1, -0.05) is 30.3 Å². The van der Waals surface area contributed by atoms with E-state index in [9.17, 15) is 9.59 Å². The molecule has 31 heavy (non-hydrogen) atoms. The van der Waals surface area contributed by atoms with Crippen molar-refractivity contribution in [3.8, 4) is 6.07 Å². The SMILES string of the molecule is CC(=O)N1CCC(Cc2ccc(CN(C(=O)c3cccc(C#N)c3)C3CC3)cc2)CC1. The quantitative estimate of drug-likeness (QED) is 0.711. The van der Waals surface area contributed by atoms with Gasteiger partial charge < -0.3 is 9.80 Å². The van der Waals surface area contributed by atoms with Crippen LogP contribution in [0.1, 0.15) is 59.7 Å². The zero-order chi connectivity index (χ0) is 21.8. The summed E-state index contributed by atoms with van der Waals surface area (Å²) >= 11 is 0. The number of carbonyl (C=O) groups excluding carboxylic acids is 2. The zero-order valence-corrected chi connectivity index (χ0v) is 18.1. The molecule has 0 bridgehead atoms. The summed E-state index contributed by atoms with van der Waals surface area (Å²) in [5, 5.41) is 9.13. The van der Waals surface area contributed by atoms with E-state index in [0.717, 1.165) is 50.8 Å². The Bertz CT molecular complexity index is 980. The van der Waals surface area contributed by atoms with Crippen molar-refractivity contribution in [2.75, 3.05) is 13.1 Å². The highest BCUT2D eigenvalue weighted by molar-refractivity contribution is 5.95. The number of rotatable bonds is 6. The molecule has 5 nitrogen and oxygen atoms in total. The number of amides is 2. The fourth-order valence-electron chi connectivity index (χ4n) is 4.40. The van der Waals surface area contributed by atoms with Gasteiger partial charge in [-0.25, -0.2) is 0 Å². The van der Waals surface area contributed by atoms with Crippen molar-refractivity contribution in [3.63, 3.8) is 0 Å². The van der Waals surface area contributed by atoms with Crippen molar-refractivity contribution in [3.05, 3.63) is 70.8 Å². The standard InChI is InChI=1S/C26H29N3O2/c1-19(30)28-13-11-21(12-14-28)15-20-5-7-22(8-6-20)18-29(25-9-10-25)26(31)24-4-2-3-23(16-24)17-27/h2-8,16,21,25H,9-15,18H2,1H3. The van der Waals surface area contributed by atoms with Crippen LogP contribution in [0.4, 0.5) is 0 Å². The lowest BCUT2D eigenvalue weighted by Gasteiger charge is -2.31. The van der Waals surface area contributed by atoms with Crippen LogP contribution < -0.4 is 0 Å². The molecule has 1 aliphatic carbocycles. The van der Waals surface area contributed by atoms with Gasteiger partial charge in [0.15, 0.2) is 0 Å². The number of benzene rings is 2. The van der Waals surface area contributed by atoms with Crippen LogP contribution in [0, 0.1) is 17.2 Å². The summed E-state index contributed by atoms with van der Waals surface area (Å²) in [7, 11) is 0. The second kappa shape index (κ2) is 9.34. The number of nitrogens with zero attached hydrogens (tertiary/aromatic N) is 3. The first-order valence-corrected chi connectivity index (χ1v) is 11.2. The average Bonchev–Trinajstić information content (AvgIpc) is 3.64. The van der Waals surface area contributed by atoms with Crippen LogP contribution in [-0.2, 0) is 17.8 Å². The number of nitriles is 1. The van der Waals surface area contributed by atoms with Crippen molar-refractivity contribution in [2.45, 2.75) is 51.6 Å². The van der Waals surface area contributed by atoms with Gasteiger partial charge in [0.2, 0.25) is 5.91 Å². The zero-order valence-electron chi connectivity index (χ0n) is 18.1. The van der Waals surface area contributed by atoms with E-state index in [1.54, 1.807) is 31.2 Å². The van der Waals surface area contributed by atoms with Crippen molar-refractivity contribution in [2.24, 2.45) is 5.92 Å². The number of hydrogen-bond acceptors (Lipinski definition) is 3. The van der Waals surface area contributed by atoms with Crippen LogP contribution in [-0.4, -0.2) is 40.7 Å². The number of likely N-dealkylation sites (tertiary alicyclic amines) is 1. The summed E-state index contributed by atoms with van der Waals surface area (Å²) in [6, 6.07) is 18.0. The molecule has 5 heteroatoms. The minimum absolute atomic E-state index is 0.000840. The molecule has 1 heterocycles. The Kier molecular flexibility index (Phi) is 6.36. The summed E-state index contributed by atoms with van der Waals surface area (Å²) in [4.78, 5) is 28.5. The summed E-state index contributed by atoms with van der Waals surface area (Å²) < 4.78 is 0. The second-order valence-electron chi connectivity index (χ2n) is 8.83. The molecule has 0 spiro atoms. The molecule has 4 rings (SSSR count). The minimum atomic E-state index is 0.000840. The molecule has 1 saturated carbocycles. The molecule has 2 aromatic carbocycles. The molecular weight excluding hydrogens is 386 g/mol. The molecule has 0 unspecified atom stereocenters. The molecule has 0 N–H and O–H groups in total. The van der Waals surface area contributed by atoms with Gasteiger partial charge in [-0.2, -0.15) is 5.26 Å². The fraction of sp³-hybridized carbons (Fsp3) is 0.423. The van der Waals surface area contributed by atoms with Crippen LogP contribution in [0.25, 0.3) is 0 Å². The number of piperidine rings is 1. The first-order chi connectivity index (χ1) is 15.0. The molecule has 0 aromatic heterocycles. The Morgan fingerprint density at radius 3 is 2.32 bits per heavy atom. The van der Waals surface area contributed by atoms with E-state index in [4.69, 9.17) is 5.26 Å². The van der Waals surface area contributed by atoms with Crippen LogP contribution in [0.5, 0.6) is 0 Å². The molecule has 1 saturated heterocycles. The van der Waals surface area contributed by atoms with Gasteiger partial charge in [0.05, 0.1) is 11.6 Å². The average molecular weight is 416 g/mol. The Morgan fingerprint density at radius 2 is 1.71 bits per heavy atom. The van der Waals surface area contributed by atoms with E-state index >= 15 is 0 Å². The van der Waals surface area contributed by atoms with E-state index < -0.39 is 0 Å². The van der Waals surface area contributed by atoms with Gasteiger partial charge in [-0.3, -0.25) is 9.59 Å².